The highest BCUT2D eigenvalue weighted by Crippen LogP contribution is 2.43. The topological polar surface area (TPSA) is 76.0 Å². The Kier molecular flexibility index (Phi) is 3.56. The van der Waals surface area contributed by atoms with Crippen molar-refractivity contribution in [1.82, 2.24) is 0 Å². The molecule has 2 aliphatic heterocycles. The largest absolute Gasteiger partial charge is 0.508 e. The molecule has 0 fully saturated rings. The predicted octanol–water partition coefficient (Wildman–Crippen LogP) is 3.10. The van der Waals surface area contributed by atoms with Crippen molar-refractivity contribution in [3.63, 3.8) is 0 Å². The lowest BCUT2D eigenvalue weighted by Gasteiger charge is -2.31. The average Bonchev–Trinajstić information content (AvgIpc) is 2.60. The van der Waals surface area contributed by atoms with Gasteiger partial charge in [-0.05, 0) is 49.2 Å². The van der Waals surface area contributed by atoms with Crippen LogP contribution in [0.15, 0.2) is 36.4 Å². The van der Waals surface area contributed by atoms with Crippen LogP contribution < -0.4 is 9.47 Å². The van der Waals surface area contributed by atoms with Gasteiger partial charge in [-0.1, -0.05) is 0 Å². The van der Waals surface area contributed by atoms with Crippen LogP contribution in [0.3, 0.4) is 0 Å². The van der Waals surface area contributed by atoms with E-state index in [0.717, 1.165) is 11.1 Å². The van der Waals surface area contributed by atoms with Crippen molar-refractivity contribution in [2.75, 3.05) is 13.2 Å². The molecule has 2 heterocycles. The molecule has 0 aliphatic carbocycles. The Balaban J connectivity index is 1.72. The van der Waals surface area contributed by atoms with Crippen LogP contribution in [0.25, 0.3) is 0 Å². The first-order chi connectivity index (χ1) is 11.6. The molecular formula is C19H18O5. The van der Waals surface area contributed by atoms with Crippen LogP contribution in [0, 0.1) is 0 Å². The van der Waals surface area contributed by atoms with Crippen molar-refractivity contribution in [2.45, 2.75) is 24.7 Å². The summed E-state index contributed by atoms with van der Waals surface area (Å²) in [5.74, 6) is 1.00. The second-order valence-electron chi connectivity index (χ2n) is 6.23. The molecule has 2 unspecified atom stereocenters. The lowest BCUT2D eigenvalue weighted by molar-refractivity contribution is -0.123. The maximum absolute atomic E-state index is 13.2. The number of rotatable bonds is 2. The molecular weight excluding hydrogens is 308 g/mol. The molecule has 2 aliphatic rings. The van der Waals surface area contributed by atoms with Gasteiger partial charge in [0.05, 0.1) is 25.0 Å². The lowest BCUT2D eigenvalue weighted by Crippen LogP contribution is -2.29. The number of carbonyl (C=O) groups is 1. The fraction of sp³-hybridized carbons (Fsp3) is 0.316. The van der Waals surface area contributed by atoms with Gasteiger partial charge in [-0.25, -0.2) is 0 Å². The van der Waals surface area contributed by atoms with Crippen LogP contribution in [0.4, 0.5) is 0 Å². The Morgan fingerprint density at radius 1 is 0.833 bits per heavy atom. The number of carbonyl (C=O) groups excluding carboxylic acids is 1. The van der Waals surface area contributed by atoms with Gasteiger partial charge in [0.25, 0.3) is 0 Å². The predicted molar refractivity (Wildman–Crippen MR) is 86.9 cm³/mol. The number of ketones is 1. The van der Waals surface area contributed by atoms with Crippen molar-refractivity contribution < 1.29 is 24.5 Å². The Morgan fingerprint density at radius 2 is 1.29 bits per heavy atom. The SMILES string of the molecule is O=C(C1CCOc2ccc(O)cc21)C1CCOc2ccc(O)cc21. The number of phenols is 2. The molecule has 5 nitrogen and oxygen atoms in total. The summed E-state index contributed by atoms with van der Waals surface area (Å²) < 4.78 is 11.2. The number of aromatic hydroxyl groups is 2. The number of fused-ring (bicyclic) bond motifs is 2. The van der Waals surface area contributed by atoms with Crippen molar-refractivity contribution in [1.29, 1.82) is 0 Å². The maximum Gasteiger partial charge on any atom is 0.148 e. The van der Waals surface area contributed by atoms with Crippen molar-refractivity contribution in [3.05, 3.63) is 47.5 Å². The minimum atomic E-state index is -0.320. The van der Waals surface area contributed by atoms with Crippen molar-refractivity contribution in [2.24, 2.45) is 0 Å². The van der Waals surface area contributed by atoms with Crippen LogP contribution in [0.5, 0.6) is 23.0 Å². The van der Waals surface area contributed by atoms with Crippen LogP contribution >= 0.6 is 0 Å². The zero-order valence-corrected chi connectivity index (χ0v) is 13.1. The fourth-order valence-corrected chi connectivity index (χ4v) is 3.60. The van der Waals surface area contributed by atoms with E-state index in [-0.39, 0.29) is 29.1 Å². The molecule has 2 N–H and O–H groups in total. The summed E-state index contributed by atoms with van der Waals surface area (Å²) in [6.07, 6.45) is 1.17. The molecule has 0 saturated heterocycles. The van der Waals surface area contributed by atoms with E-state index in [9.17, 15) is 15.0 Å². The quantitative estimate of drug-likeness (QED) is 0.887. The third-order valence-corrected chi connectivity index (χ3v) is 4.75. The van der Waals surface area contributed by atoms with E-state index in [4.69, 9.17) is 9.47 Å². The Hall–Kier alpha value is -2.69. The van der Waals surface area contributed by atoms with E-state index in [2.05, 4.69) is 0 Å². The van der Waals surface area contributed by atoms with Gasteiger partial charge in [0.15, 0.2) is 0 Å². The highest BCUT2D eigenvalue weighted by Gasteiger charge is 2.36. The highest BCUT2D eigenvalue weighted by molar-refractivity contribution is 5.93. The van der Waals surface area contributed by atoms with E-state index in [0.29, 0.717) is 37.6 Å². The first kappa shape index (κ1) is 14.9. The second-order valence-corrected chi connectivity index (χ2v) is 6.23. The number of Topliss-reactive ketones (excluding diaryl/α,β-unsaturated/α-hetero) is 1. The molecule has 0 aromatic heterocycles. The van der Waals surface area contributed by atoms with Gasteiger partial charge in [0.2, 0.25) is 0 Å². The number of hydrogen-bond donors (Lipinski definition) is 2. The van der Waals surface area contributed by atoms with Crippen LogP contribution in [-0.2, 0) is 4.79 Å². The molecule has 0 saturated carbocycles. The first-order valence-corrected chi connectivity index (χ1v) is 8.08. The van der Waals surface area contributed by atoms with Gasteiger partial charge in [-0.3, -0.25) is 4.79 Å². The number of phenolic OH excluding ortho intramolecular Hbond substituents is 2. The zero-order chi connectivity index (χ0) is 16.7. The fourth-order valence-electron chi connectivity index (χ4n) is 3.60. The summed E-state index contributed by atoms with van der Waals surface area (Å²) in [7, 11) is 0. The summed E-state index contributed by atoms with van der Waals surface area (Å²) in [5, 5.41) is 19.5. The molecule has 0 bridgehead atoms. The van der Waals surface area contributed by atoms with Crippen LogP contribution in [0.1, 0.15) is 35.8 Å². The standard InChI is InChI=1S/C19H18O5/c20-11-1-3-17-15(9-11)13(5-7-23-17)19(22)14-6-8-24-18-4-2-12(21)10-16(14)18/h1-4,9-10,13-14,20-21H,5-8H2. The second kappa shape index (κ2) is 5.74. The van der Waals surface area contributed by atoms with E-state index in [1.54, 1.807) is 36.4 Å². The molecule has 24 heavy (non-hydrogen) atoms. The monoisotopic (exact) mass is 326 g/mol. The summed E-state index contributed by atoms with van der Waals surface area (Å²) in [5.41, 5.74) is 1.47. The lowest BCUT2D eigenvalue weighted by atomic mass is 9.78. The number of benzene rings is 2. The first-order valence-electron chi connectivity index (χ1n) is 8.08. The Morgan fingerprint density at radius 3 is 1.75 bits per heavy atom. The van der Waals surface area contributed by atoms with Gasteiger partial charge in [0, 0.05) is 11.1 Å². The smallest absolute Gasteiger partial charge is 0.148 e. The summed E-state index contributed by atoms with van der Waals surface area (Å²) in [6, 6.07) is 9.75. The summed E-state index contributed by atoms with van der Waals surface area (Å²) in [6.45, 7) is 0.953. The van der Waals surface area contributed by atoms with E-state index >= 15 is 0 Å². The summed E-state index contributed by atoms with van der Waals surface area (Å²) >= 11 is 0. The molecule has 0 radical (unpaired) electrons. The van der Waals surface area contributed by atoms with Crippen molar-refractivity contribution in [3.8, 4) is 23.0 Å². The van der Waals surface area contributed by atoms with Crippen molar-refractivity contribution >= 4 is 5.78 Å². The van der Waals surface area contributed by atoms with Crippen LogP contribution in [-0.4, -0.2) is 29.2 Å². The molecule has 4 rings (SSSR count). The highest BCUT2D eigenvalue weighted by atomic mass is 16.5. The number of hydrogen-bond acceptors (Lipinski definition) is 5. The van der Waals surface area contributed by atoms with Gasteiger partial charge >= 0.3 is 0 Å². The van der Waals surface area contributed by atoms with E-state index in [1.807, 2.05) is 0 Å². The molecule has 124 valence electrons. The minimum Gasteiger partial charge on any atom is -0.508 e. The number of ether oxygens (including phenoxy) is 2. The third kappa shape index (κ3) is 2.46. The minimum absolute atomic E-state index is 0.0836. The van der Waals surface area contributed by atoms with Gasteiger partial charge in [0.1, 0.15) is 28.8 Å². The summed E-state index contributed by atoms with van der Waals surface area (Å²) in [4.78, 5) is 13.2. The average molecular weight is 326 g/mol. The normalized spacial score (nSPS) is 21.8. The van der Waals surface area contributed by atoms with E-state index in [1.165, 1.54) is 0 Å². The Labute approximate surface area is 139 Å². The molecule has 2 aromatic carbocycles. The molecule has 5 heteroatoms. The molecule has 2 atom stereocenters. The zero-order valence-electron chi connectivity index (χ0n) is 13.1. The van der Waals surface area contributed by atoms with Gasteiger partial charge < -0.3 is 19.7 Å². The molecule has 2 aromatic rings. The van der Waals surface area contributed by atoms with Crippen LogP contribution in [0.2, 0.25) is 0 Å². The molecule has 0 amide bonds. The Bertz CT molecular complexity index is 733. The maximum atomic E-state index is 13.2. The van der Waals surface area contributed by atoms with Gasteiger partial charge in [-0.15, -0.1) is 0 Å². The third-order valence-electron chi connectivity index (χ3n) is 4.75. The van der Waals surface area contributed by atoms with E-state index < -0.39 is 0 Å². The molecule has 0 spiro atoms. The van der Waals surface area contributed by atoms with Gasteiger partial charge in [-0.2, -0.15) is 0 Å².